The number of rotatable bonds is 5. The molecule has 0 amide bonds. The lowest BCUT2D eigenvalue weighted by Gasteiger charge is -2.38. The van der Waals surface area contributed by atoms with Crippen LogP contribution in [-0.4, -0.2) is 22.3 Å². The van der Waals surface area contributed by atoms with E-state index in [1.165, 1.54) is 0 Å². The normalized spacial score (nSPS) is 12.8. The zero-order valence-corrected chi connectivity index (χ0v) is 20.1. The third-order valence-electron chi connectivity index (χ3n) is 6.51. The van der Waals surface area contributed by atoms with Crippen LogP contribution in [0.25, 0.3) is 33.7 Å². The maximum atomic E-state index is 14.6. The molecule has 0 radical (unpaired) electrons. The molecule has 5 nitrogen and oxygen atoms in total. The molecule has 0 saturated carbocycles. The van der Waals surface area contributed by atoms with Crippen LogP contribution < -0.4 is 4.74 Å². The molecular formula is C29H16F6N2O3. The molecule has 4 aromatic carbocycles. The van der Waals surface area contributed by atoms with Gasteiger partial charge in [0.25, 0.3) is 0 Å². The van der Waals surface area contributed by atoms with E-state index in [9.17, 15) is 26.3 Å². The summed E-state index contributed by atoms with van der Waals surface area (Å²) in [6.45, 7) is 0. The van der Waals surface area contributed by atoms with Crippen LogP contribution in [0.1, 0.15) is 11.1 Å². The van der Waals surface area contributed by atoms with Crippen molar-refractivity contribution in [2.45, 2.75) is 17.8 Å². The molecule has 0 bridgehead atoms. The molecule has 0 unspecified atom stereocenters. The van der Waals surface area contributed by atoms with Crippen molar-refractivity contribution in [3.05, 3.63) is 109 Å². The first-order valence-corrected chi connectivity index (χ1v) is 11.8. The smallest absolute Gasteiger partial charge is 0.411 e. The molecule has 0 fully saturated rings. The lowest BCUT2D eigenvalue weighted by molar-refractivity contribution is -0.288. The largest absolute Gasteiger partial charge is 0.457 e. The number of oxazole rings is 2. The fourth-order valence-corrected chi connectivity index (χ4v) is 4.65. The molecule has 11 heteroatoms. The van der Waals surface area contributed by atoms with Gasteiger partial charge in [0.15, 0.2) is 17.6 Å². The Bertz CT molecular complexity index is 1790. The Morgan fingerprint density at radius 2 is 1.23 bits per heavy atom. The number of aromatic nitrogens is 2. The summed E-state index contributed by atoms with van der Waals surface area (Å²) in [6.07, 6.45) is -10.6. The highest BCUT2D eigenvalue weighted by Crippen LogP contribution is 2.56. The van der Waals surface area contributed by atoms with Crippen LogP contribution in [-0.2, 0) is 5.41 Å². The summed E-state index contributed by atoms with van der Waals surface area (Å²) in [7, 11) is 0. The van der Waals surface area contributed by atoms with Crippen LogP contribution in [0.5, 0.6) is 11.5 Å². The topological polar surface area (TPSA) is 61.3 Å². The van der Waals surface area contributed by atoms with Crippen LogP contribution in [0.3, 0.4) is 0 Å². The van der Waals surface area contributed by atoms with Crippen molar-refractivity contribution in [1.82, 2.24) is 9.97 Å². The predicted octanol–water partition coefficient (Wildman–Crippen LogP) is 8.84. The van der Waals surface area contributed by atoms with Crippen molar-refractivity contribution in [2.24, 2.45) is 0 Å². The average Bonchev–Trinajstić information content (AvgIpc) is 3.55. The van der Waals surface area contributed by atoms with Crippen molar-refractivity contribution in [3.8, 4) is 23.0 Å². The first kappa shape index (κ1) is 25.5. The van der Waals surface area contributed by atoms with E-state index in [1.54, 1.807) is 36.4 Å². The van der Waals surface area contributed by atoms with E-state index in [0.29, 0.717) is 17.1 Å². The number of alkyl halides is 6. The van der Waals surface area contributed by atoms with E-state index in [1.807, 2.05) is 18.2 Å². The van der Waals surface area contributed by atoms with Crippen molar-refractivity contribution in [3.63, 3.8) is 0 Å². The summed E-state index contributed by atoms with van der Waals surface area (Å²) in [5.41, 5.74) is -6.26. The fourth-order valence-electron chi connectivity index (χ4n) is 4.65. The molecule has 0 spiro atoms. The van der Waals surface area contributed by atoms with E-state index in [0.717, 1.165) is 42.8 Å². The lowest BCUT2D eigenvalue weighted by atomic mass is 9.72. The predicted molar refractivity (Wildman–Crippen MR) is 133 cm³/mol. The Hall–Kier alpha value is -4.80. The first-order valence-electron chi connectivity index (χ1n) is 11.8. The van der Waals surface area contributed by atoms with Gasteiger partial charge in [-0.05, 0) is 71.8 Å². The highest BCUT2D eigenvalue weighted by molar-refractivity contribution is 5.79. The van der Waals surface area contributed by atoms with Gasteiger partial charge in [-0.3, -0.25) is 0 Å². The quantitative estimate of drug-likeness (QED) is 0.199. The zero-order valence-electron chi connectivity index (χ0n) is 20.1. The molecule has 40 heavy (non-hydrogen) atoms. The summed E-state index contributed by atoms with van der Waals surface area (Å²) >= 11 is 0. The molecule has 6 aromatic rings. The Kier molecular flexibility index (Phi) is 5.83. The average molecular weight is 554 g/mol. The van der Waals surface area contributed by atoms with Crippen LogP contribution in [0.15, 0.2) is 106 Å². The number of hydrogen-bond acceptors (Lipinski definition) is 5. The van der Waals surface area contributed by atoms with Crippen molar-refractivity contribution in [2.75, 3.05) is 0 Å². The molecule has 0 atom stereocenters. The fraction of sp³-hybridized carbons (Fsp3) is 0.103. The number of fused-ring (bicyclic) bond motifs is 2. The molecular weight excluding hydrogens is 538 g/mol. The van der Waals surface area contributed by atoms with E-state index < -0.39 is 28.9 Å². The summed E-state index contributed by atoms with van der Waals surface area (Å²) < 4.78 is 104. The molecule has 0 aliphatic heterocycles. The molecule has 2 aromatic heterocycles. The van der Waals surface area contributed by atoms with Gasteiger partial charge in [0.05, 0.1) is 0 Å². The van der Waals surface area contributed by atoms with E-state index in [2.05, 4.69) is 9.97 Å². The highest BCUT2D eigenvalue weighted by Gasteiger charge is 2.72. The number of para-hydroxylation sites is 1. The standard InChI is InChI=1S/C29H16F6N2O3/c30-28(31,32)27(29(33,34)35,18-8-12-24-22(14-18)36-16-38-24)19-9-13-25-23(15-19)37-26(40-25)17-6-10-21(11-7-17)39-20-4-2-1-3-5-20/h1-16H. The minimum atomic E-state index is -5.77. The van der Waals surface area contributed by atoms with Crippen LogP contribution in [0.2, 0.25) is 0 Å². The third kappa shape index (κ3) is 4.14. The SMILES string of the molecule is FC(F)(F)C(c1ccc2ocnc2c1)(c1ccc2oc(-c3ccc(Oc4ccccc4)cc3)nc2c1)C(F)(F)F. The second-order valence-corrected chi connectivity index (χ2v) is 8.92. The monoisotopic (exact) mass is 554 g/mol. The van der Waals surface area contributed by atoms with Gasteiger partial charge in [-0.25, -0.2) is 9.97 Å². The van der Waals surface area contributed by atoms with E-state index >= 15 is 0 Å². The molecule has 6 rings (SSSR count). The Balaban J connectivity index is 1.43. The van der Waals surface area contributed by atoms with Crippen LogP contribution >= 0.6 is 0 Å². The first-order chi connectivity index (χ1) is 19.1. The van der Waals surface area contributed by atoms with Gasteiger partial charge in [-0.1, -0.05) is 30.3 Å². The molecule has 0 N–H and O–H groups in total. The zero-order chi connectivity index (χ0) is 28.1. The number of hydrogen-bond donors (Lipinski definition) is 0. The Labute approximate surface area is 221 Å². The van der Waals surface area contributed by atoms with Crippen molar-refractivity contribution >= 4 is 22.2 Å². The Morgan fingerprint density at radius 3 is 1.88 bits per heavy atom. The minimum absolute atomic E-state index is 0.0204. The van der Waals surface area contributed by atoms with Crippen LogP contribution in [0, 0.1) is 0 Å². The Morgan fingerprint density at radius 1 is 0.625 bits per heavy atom. The van der Waals surface area contributed by atoms with Gasteiger partial charge < -0.3 is 13.6 Å². The number of nitrogens with zero attached hydrogens (tertiary/aromatic N) is 2. The van der Waals surface area contributed by atoms with Crippen LogP contribution in [0.4, 0.5) is 26.3 Å². The van der Waals surface area contributed by atoms with Gasteiger partial charge in [-0.15, -0.1) is 0 Å². The van der Waals surface area contributed by atoms with Gasteiger partial charge in [0, 0.05) is 5.56 Å². The van der Waals surface area contributed by atoms with Crippen molar-refractivity contribution < 1.29 is 39.9 Å². The summed E-state index contributed by atoms with van der Waals surface area (Å²) in [6, 6.07) is 20.6. The molecule has 0 aliphatic carbocycles. The van der Waals surface area contributed by atoms with E-state index in [-0.39, 0.29) is 28.1 Å². The van der Waals surface area contributed by atoms with E-state index in [4.69, 9.17) is 13.6 Å². The number of benzene rings is 4. The van der Waals surface area contributed by atoms with Gasteiger partial charge in [0.1, 0.15) is 22.5 Å². The lowest BCUT2D eigenvalue weighted by Crippen LogP contribution is -2.54. The second kappa shape index (κ2) is 9.15. The summed E-state index contributed by atoms with van der Waals surface area (Å²) in [4.78, 5) is 7.93. The highest BCUT2D eigenvalue weighted by atomic mass is 19.4. The summed E-state index contributed by atoms with van der Waals surface area (Å²) in [5.74, 6) is 1.15. The third-order valence-corrected chi connectivity index (χ3v) is 6.51. The number of halogens is 6. The molecule has 0 saturated heterocycles. The molecule has 202 valence electrons. The number of ether oxygens (including phenoxy) is 1. The van der Waals surface area contributed by atoms with Crippen molar-refractivity contribution in [1.29, 1.82) is 0 Å². The second-order valence-electron chi connectivity index (χ2n) is 8.92. The van der Waals surface area contributed by atoms with Gasteiger partial charge in [0.2, 0.25) is 11.3 Å². The summed E-state index contributed by atoms with van der Waals surface area (Å²) in [5, 5.41) is 0. The van der Waals surface area contributed by atoms with Gasteiger partial charge >= 0.3 is 12.4 Å². The molecule has 2 heterocycles. The van der Waals surface area contributed by atoms with Gasteiger partial charge in [-0.2, -0.15) is 26.3 Å². The molecule has 0 aliphatic rings. The minimum Gasteiger partial charge on any atom is -0.457 e. The maximum Gasteiger partial charge on any atom is 0.411 e. The maximum absolute atomic E-state index is 14.6.